The van der Waals surface area contributed by atoms with Crippen LogP contribution in [0.5, 0.6) is 0 Å². The molecule has 0 aliphatic heterocycles. The molecule has 0 N–H and O–H groups in total. The highest BCUT2D eigenvalue weighted by Crippen LogP contribution is 2.58. The Morgan fingerprint density at radius 3 is 1.41 bits per heavy atom. The second-order valence-corrected chi connectivity index (χ2v) is 26.9. The molecule has 0 spiro atoms. The van der Waals surface area contributed by atoms with Crippen LogP contribution in [0.25, 0.3) is 170 Å². The minimum atomic E-state index is -0.506. The maximum atomic E-state index is 5.74. The van der Waals surface area contributed by atoms with E-state index < -0.39 is 5.41 Å². The van der Waals surface area contributed by atoms with E-state index in [9.17, 15) is 0 Å². The third kappa shape index (κ3) is 8.77. The van der Waals surface area contributed by atoms with Crippen molar-refractivity contribution in [2.45, 2.75) is 19.3 Å². The SMILES string of the molecule is CC1(C)c2cc3c4ccccc4c4ccccc4c3cc2-c2c1c1c(c3ccccc23)c2cc(-c3ccc(N(c4ccc(-c5ccccc5)cc4)c4cc5c6ccccc6ccc5c5ccccc45)cc3)ccc2n1-c1nc(-c2ccccc2)nc(-c2ccccc2-c2ccccc2)n1. The second-order valence-electron chi connectivity index (χ2n) is 26.9. The zero-order chi connectivity index (χ0) is 65.5. The van der Waals surface area contributed by atoms with E-state index in [0.29, 0.717) is 17.6 Å². The molecule has 0 atom stereocenters. The summed E-state index contributed by atoms with van der Waals surface area (Å²) in [7, 11) is 0. The number of fused-ring (bicyclic) bond motifs is 21. The van der Waals surface area contributed by atoms with E-state index in [1.165, 1.54) is 109 Å². The lowest BCUT2D eigenvalue weighted by molar-refractivity contribution is 0.664. The van der Waals surface area contributed by atoms with E-state index in [1.807, 2.05) is 6.07 Å². The summed E-state index contributed by atoms with van der Waals surface area (Å²) >= 11 is 0. The molecule has 5 nitrogen and oxygen atoms in total. The van der Waals surface area contributed by atoms with Crippen LogP contribution in [-0.4, -0.2) is 19.5 Å². The van der Waals surface area contributed by atoms with Crippen molar-refractivity contribution < 1.29 is 0 Å². The topological polar surface area (TPSA) is 46.8 Å². The van der Waals surface area contributed by atoms with Crippen molar-refractivity contribution in [2.24, 2.45) is 0 Å². The molecular formula is C94H61N5. The fourth-order valence-electron chi connectivity index (χ4n) is 16.6. The maximum Gasteiger partial charge on any atom is 0.238 e. The minimum absolute atomic E-state index is 0.506. The second kappa shape index (κ2) is 22.1. The molecular weight excluding hydrogens is 1200 g/mol. The Hall–Kier alpha value is -12.8. The van der Waals surface area contributed by atoms with Gasteiger partial charge in [0.25, 0.3) is 0 Å². The zero-order valence-electron chi connectivity index (χ0n) is 54.5. The van der Waals surface area contributed by atoms with Crippen LogP contribution in [-0.2, 0) is 5.41 Å². The number of rotatable bonds is 9. The van der Waals surface area contributed by atoms with Crippen molar-refractivity contribution in [3.63, 3.8) is 0 Å². The van der Waals surface area contributed by atoms with Gasteiger partial charge in [0.1, 0.15) is 0 Å². The summed E-state index contributed by atoms with van der Waals surface area (Å²) in [6.45, 7) is 4.87. The highest BCUT2D eigenvalue weighted by molar-refractivity contribution is 6.30. The lowest BCUT2D eigenvalue weighted by Gasteiger charge is -2.28. The van der Waals surface area contributed by atoms with Crippen LogP contribution in [0.15, 0.2) is 334 Å². The molecule has 2 heterocycles. The van der Waals surface area contributed by atoms with E-state index >= 15 is 0 Å². The first-order valence-electron chi connectivity index (χ1n) is 34.2. The summed E-state index contributed by atoms with van der Waals surface area (Å²) in [6.07, 6.45) is 0. The van der Waals surface area contributed by atoms with Gasteiger partial charge in [-0.05, 0) is 180 Å². The van der Waals surface area contributed by atoms with Gasteiger partial charge in [-0.15, -0.1) is 0 Å². The van der Waals surface area contributed by atoms with Gasteiger partial charge in [-0.2, -0.15) is 9.97 Å². The third-order valence-corrected chi connectivity index (χ3v) is 21.2. The molecule has 2 aromatic heterocycles. The minimum Gasteiger partial charge on any atom is -0.310 e. The Bertz CT molecular complexity index is 6530. The molecule has 99 heavy (non-hydrogen) atoms. The number of benzene rings is 17. The molecule has 1 aliphatic rings. The van der Waals surface area contributed by atoms with Crippen molar-refractivity contribution in [1.82, 2.24) is 19.5 Å². The van der Waals surface area contributed by atoms with Crippen molar-refractivity contribution in [3.8, 4) is 73.2 Å². The normalized spacial score (nSPS) is 12.6. The number of hydrogen-bond acceptors (Lipinski definition) is 4. The van der Waals surface area contributed by atoms with Crippen LogP contribution in [0, 0.1) is 0 Å². The number of anilines is 3. The van der Waals surface area contributed by atoms with E-state index in [1.54, 1.807) is 0 Å². The van der Waals surface area contributed by atoms with Crippen LogP contribution in [0.1, 0.15) is 25.0 Å². The predicted molar refractivity (Wildman–Crippen MR) is 416 cm³/mol. The molecule has 5 heteroatoms. The fourth-order valence-corrected chi connectivity index (χ4v) is 16.6. The first kappa shape index (κ1) is 56.5. The Kier molecular flexibility index (Phi) is 12.6. The summed E-state index contributed by atoms with van der Waals surface area (Å²) in [5, 5.41) is 19.5. The van der Waals surface area contributed by atoms with Gasteiger partial charge in [-0.1, -0.05) is 293 Å². The Morgan fingerprint density at radius 2 is 0.758 bits per heavy atom. The first-order valence-corrected chi connectivity index (χ1v) is 34.2. The summed E-state index contributed by atoms with van der Waals surface area (Å²) in [4.78, 5) is 19.3. The standard InChI is InChI=1S/C94H61N5/c1-94(2)84-56-80-73-37-18-16-34-70(73)69-33-15-17-36-72(69)79(80)55-82(84)87-76-39-21-22-40-77(76)88-83-54-64(47-53-85(83)99(90(88)89(87)94)93-96-91(63-29-10-5-11-30-63)95-92(97-93)78-41-23-14-31-67(78)61-26-8-4-9-27-61)60-44-50-66(51-45-60)98(65-48-42-59(43-49-65)58-24-6-3-7-25-58)86-57-81-68-32-13-12-28-62(68)46-52-74(81)71-35-19-20-38-75(71)86/h3-57H,1-2H3. The predicted octanol–water partition coefficient (Wildman–Crippen LogP) is 25.2. The molecule has 1 aliphatic carbocycles. The fraction of sp³-hybridized carbons (Fsp3) is 0.0319. The zero-order valence-corrected chi connectivity index (χ0v) is 54.5. The number of hydrogen-bond donors (Lipinski definition) is 0. The average Bonchev–Trinajstić information content (AvgIpc) is 1.52. The third-order valence-electron chi connectivity index (χ3n) is 21.2. The summed E-state index contributed by atoms with van der Waals surface area (Å²) in [5.74, 6) is 1.75. The quantitative estimate of drug-likeness (QED) is 0.135. The summed E-state index contributed by atoms with van der Waals surface area (Å²) in [5.41, 5.74) is 18.4. The van der Waals surface area contributed by atoms with Gasteiger partial charge in [-0.25, -0.2) is 4.98 Å². The van der Waals surface area contributed by atoms with Crippen LogP contribution >= 0.6 is 0 Å². The van der Waals surface area contributed by atoms with Gasteiger partial charge in [0, 0.05) is 44.1 Å². The lowest BCUT2D eigenvalue weighted by Crippen LogP contribution is -2.17. The molecule has 17 aromatic carbocycles. The van der Waals surface area contributed by atoms with Gasteiger partial charge in [0.05, 0.1) is 16.7 Å². The first-order chi connectivity index (χ1) is 48.9. The summed E-state index contributed by atoms with van der Waals surface area (Å²) in [6, 6.07) is 122. The van der Waals surface area contributed by atoms with Gasteiger partial charge in [-0.3, -0.25) is 4.57 Å². The summed E-state index contributed by atoms with van der Waals surface area (Å²) < 4.78 is 2.39. The number of nitrogens with zero attached hydrogens (tertiary/aromatic N) is 5. The molecule has 0 unspecified atom stereocenters. The molecule has 0 saturated carbocycles. The van der Waals surface area contributed by atoms with E-state index in [2.05, 4.69) is 351 Å². The van der Waals surface area contributed by atoms with Gasteiger partial charge >= 0.3 is 0 Å². The van der Waals surface area contributed by atoms with Crippen molar-refractivity contribution in [1.29, 1.82) is 0 Å². The maximum absolute atomic E-state index is 5.74. The van der Waals surface area contributed by atoms with E-state index in [-0.39, 0.29) is 0 Å². The van der Waals surface area contributed by atoms with Crippen LogP contribution in [0.4, 0.5) is 17.1 Å². The highest BCUT2D eigenvalue weighted by atomic mass is 15.2. The van der Waals surface area contributed by atoms with Gasteiger partial charge in [0.2, 0.25) is 5.95 Å². The van der Waals surface area contributed by atoms with E-state index in [4.69, 9.17) is 15.0 Å². The van der Waals surface area contributed by atoms with Crippen molar-refractivity contribution in [3.05, 3.63) is 345 Å². The largest absolute Gasteiger partial charge is 0.310 e. The van der Waals surface area contributed by atoms with Crippen LogP contribution in [0.3, 0.4) is 0 Å². The average molecular weight is 1260 g/mol. The van der Waals surface area contributed by atoms with Crippen molar-refractivity contribution >= 4 is 114 Å². The van der Waals surface area contributed by atoms with Crippen molar-refractivity contribution in [2.75, 3.05) is 4.90 Å². The lowest BCUT2D eigenvalue weighted by atomic mass is 9.79. The molecule has 0 fully saturated rings. The van der Waals surface area contributed by atoms with Crippen LogP contribution in [0.2, 0.25) is 0 Å². The Labute approximate surface area is 572 Å². The van der Waals surface area contributed by atoms with Gasteiger partial charge < -0.3 is 4.90 Å². The van der Waals surface area contributed by atoms with E-state index in [0.717, 1.165) is 72.2 Å². The molecule has 0 saturated heterocycles. The smallest absolute Gasteiger partial charge is 0.238 e. The van der Waals surface area contributed by atoms with Gasteiger partial charge in [0.15, 0.2) is 11.6 Å². The highest BCUT2D eigenvalue weighted by Gasteiger charge is 2.41. The number of aromatic nitrogens is 4. The monoisotopic (exact) mass is 1260 g/mol. The molecule has 19 aromatic rings. The Balaban J connectivity index is 0.836. The molecule has 20 rings (SSSR count). The molecule has 0 radical (unpaired) electrons. The Morgan fingerprint density at radius 1 is 0.293 bits per heavy atom. The molecule has 0 amide bonds. The molecule has 0 bridgehead atoms. The van der Waals surface area contributed by atoms with Crippen LogP contribution < -0.4 is 4.90 Å². The molecule has 462 valence electrons.